The van der Waals surface area contributed by atoms with Gasteiger partial charge in [-0.15, -0.1) is 0 Å². The molecule has 0 aliphatic heterocycles. The number of H-pyrrole nitrogens is 1. The van der Waals surface area contributed by atoms with Crippen LogP contribution >= 0.6 is 15.9 Å². The summed E-state index contributed by atoms with van der Waals surface area (Å²) in [5, 5.41) is 31.1. The number of phenolic OH excluding ortho intramolecular Hbond substituents is 1. The summed E-state index contributed by atoms with van der Waals surface area (Å²) in [6.07, 6.45) is 2.55. The number of hydrazone groups is 1. The third kappa shape index (κ3) is 4.91. The SMILES string of the molecule is CC(=NNC(=O)c1ncn[nH]1)c1ccc(N=Cc2cc(Br)cc([N+](=O)[O-])c2O)cc1. The van der Waals surface area contributed by atoms with Crippen molar-refractivity contribution in [3.8, 4) is 5.75 Å². The fourth-order valence-electron chi connectivity index (χ4n) is 2.34. The van der Waals surface area contributed by atoms with E-state index < -0.39 is 22.3 Å². The molecule has 0 radical (unpaired) electrons. The number of aliphatic imine (C=N–C) groups is 1. The van der Waals surface area contributed by atoms with E-state index in [0.717, 1.165) is 5.56 Å². The van der Waals surface area contributed by atoms with E-state index in [1.807, 2.05) is 0 Å². The van der Waals surface area contributed by atoms with Gasteiger partial charge in [-0.3, -0.25) is 25.0 Å². The highest BCUT2D eigenvalue weighted by Crippen LogP contribution is 2.32. The quantitative estimate of drug-likeness (QED) is 0.284. The number of rotatable bonds is 6. The zero-order valence-corrected chi connectivity index (χ0v) is 17.0. The lowest BCUT2D eigenvalue weighted by atomic mass is 10.1. The molecule has 0 unspecified atom stereocenters. The van der Waals surface area contributed by atoms with Gasteiger partial charge in [0.25, 0.3) is 0 Å². The van der Waals surface area contributed by atoms with Gasteiger partial charge in [0.15, 0.2) is 0 Å². The number of aromatic nitrogens is 3. The van der Waals surface area contributed by atoms with Crippen LogP contribution in [0.15, 0.2) is 57.3 Å². The van der Waals surface area contributed by atoms with E-state index in [4.69, 9.17) is 0 Å². The second-order valence-corrected chi connectivity index (χ2v) is 6.81. The summed E-state index contributed by atoms with van der Waals surface area (Å²) in [6.45, 7) is 1.72. The Morgan fingerprint density at radius 1 is 1.33 bits per heavy atom. The molecule has 0 aliphatic rings. The zero-order chi connectivity index (χ0) is 21.7. The first-order valence-corrected chi connectivity index (χ1v) is 9.16. The van der Waals surface area contributed by atoms with Gasteiger partial charge >= 0.3 is 11.6 Å². The molecule has 3 aromatic rings. The molecule has 1 aromatic heterocycles. The lowest BCUT2D eigenvalue weighted by Gasteiger charge is -2.03. The average Bonchev–Trinajstić information content (AvgIpc) is 3.27. The molecular weight excluding hydrogens is 458 g/mol. The van der Waals surface area contributed by atoms with Crippen LogP contribution in [0.25, 0.3) is 0 Å². The highest BCUT2D eigenvalue weighted by atomic mass is 79.9. The van der Waals surface area contributed by atoms with Gasteiger partial charge in [0.1, 0.15) is 6.33 Å². The number of nitrogens with zero attached hydrogens (tertiary/aromatic N) is 5. The monoisotopic (exact) mass is 471 g/mol. The second-order valence-electron chi connectivity index (χ2n) is 5.90. The van der Waals surface area contributed by atoms with E-state index in [9.17, 15) is 20.0 Å². The molecule has 0 fully saturated rings. The van der Waals surface area contributed by atoms with Crippen molar-refractivity contribution in [2.24, 2.45) is 10.1 Å². The lowest BCUT2D eigenvalue weighted by molar-refractivity contribution is -0.385. The summed E-state index contributed by atoms with van der Waals surface area (Å²) >= 11 is 3.17. The van der Waals surface area contributed by atoms with Crippen molar-refractivity contribution in [3.63, 3.8) is 0 Å². The number of hydrogen-bond donors (Lipinski definition) is 3. The summed E-state index contributed by atoms with van der Waals surface area (Å²) < 4.78 is 0.447. The molecule has 3 N–H and O–H groups in total. The fraction of sp³-hybridized carbons (Fsp3) is 0.0556. The Hall–Kier alpha value is -3.93. The number of nitro benzene ring substituents is 1. The lowest BCUT2D eigenvalue weighted by Crippen LogP contribution is -2.20. The Labute approximate surface area is 177 Å². The number of hydrogen-bond acceptors (Lipinski definition) is 8. The maximum atomic E-state index is 11.8. The van der Waals surface area contributed by atoms with Crippen molar-refractivity contribution in [2.45, 2.75) is 6.92 Å². The molecule has 152 valence electrons. The van der Waals surface area contributed by atoms with Crippen LogP contribution in [0.3, 0.4) is 0 Å². The van der Waals surface area contributed by atoms with Gasteiger partial charge in [0.2, 0.25) is 11.6 Å². The Kier molecular flexibility index (Phi) is 6.27. The number of nitro groups is 1. The number of amides is 1. The van der Waals surface area contributed by atoms with Crippen molar-refractivity contribution >= 4 is 45.1 Å². The molecule has 30 heavy (non-hydrogen) atoms. The molecule has 0 spiro atoms. The Bertz CT molecular complexity index is 1140. The summed E-state index contributed by atoms with van der Waals surface area (Å²) in [7, 11) is 0. The molecule has 3 rings (SSSR count). The number of aromatic hydroxyl groups is 1. The van der Waals surface area contributed by atoms with Crippen molar-refractivity contribution in [1.29, 1.82) is 0 Å². The first-order chi connectivity index (χ1) is 14.3. The number of halogens is 1. The third-order valence-electron chi connectivity index (χ3n) is 3.87. The van der Waals surface area contributed by atoms with Crippen molar-refractivity contribution in [3.05, 3.63) is 74.3 Å². The van der Waals surface area contributed by atoms with Crippen LogP contribution < -0.4 is 5.43 Å². The Morgan fingerprint density at radius 2 is 2.07 bits per heavy atom. The van der Waals surface area contributed by atoms with E-state index in [0.29, 0.717) is 15.9 Å². The molecule has 0 saturated carbocycles. The molecule has 11 nitrogen and oxygen atoms in total. The number of carbonyl (C=O) groups is 1. The second kappa shape index (κ2) is 9.05. The van der Waals surface area contributed by atoms with Crippen LogP contribution in [-0.4, -0.2) is 43.0 Å². The molecule has 2 aromatic carbocycles. The molecule has 0 saturated heterocycles. The van der Waals surface area contributed by atoms with Crippen LogP contribution in [-0.2, 0) is 0 Å². The molecule has 12 heteroatoms. The summed E-state index contributed by atoms with van der Waals surface area (Å²) in [5.41, 5.74) is 4.01. The van der Waals surface area contributed by atoms with Gasteiger partial charge in [-0.05, 0) is 30.7 Å². The van der Waals surface area contributed by atoms with Crippen molar-refractivity contribution in [1.82, 2.24) is 20.6 Å². The number of carbonyl (C=O) groups excluding carboxylic acids is 1. The predicted octanol–water partition coefficient (Wildman–Crippen LogP) is 3.09. The first kappa shape index (κ1) is 20.8. The average molecular weight is 472 g/mol. The van der Waals surface area contributed by atoms with Gasteiger partial charge in [-0.1, -0.05) is 28.1 Å². The summed E-state index contributed by atoms with van der Waals surface area (Å²) in [4.78, 5) is 30.1. The normalized spacial score (nSPS) is 11.6. The van der Waals surface area contributed by atoms with E-state index >= 15 is 0 Å². The molecular formula is C18H14BrN7O4. The molecule has 0 aliphatic carbocycles. The highest BCUT2D eigenvalue weighted by Gasteiger charge is 2.17. The minimum atomic E-state index is -0.671. The van der Waals surface area contributed by atoms with E-state index in [1.54, 1.807) is 31.2 Å². The molecule has 1 heterocycles. The van der Waals surface area contributed by atoms with Crippen molar-refractivity contribution in [2.75, 3.05) is 0 Å². The minimum absolute atomic E-state index is 0.0484. The molecule has 1 amide bonds. The van der Waals surface area contributed by atoms with Gasteiger partial charge in [0.05, 0.1) is 16.3 Å². The predicted molar refractivity (Wildman–Crippen MR) is 112 cm³/mol. The van der Waals surface area contributed by atoms with Crippen LogP contribution in [0, 0.1) is 10.1 Å². The number of benzene rings is 2. The third-order valence-corrected chi connectivity index (χ3v) is 4.33. The first-order valence-electron chi connectivity index (χ1n) is 8.36. The smallest absolute Gasteiger partial charge is 0.312 e. The fourth-order valence-corrected chi connectivity index (χ4v) is 2.81. The minimum Gasteiger partial charge on any atom is -0.502 e. The Morgan fingerprint density at radius 3 is 2.70 bits per heavy atom. The van der Waals surface area contributed by atoms with Gasteiger partial charge < -0.3 is 5.11 Å². The van der Waals surface area contributed by atoms with E-state index in [-0.39, 0.29) is 11.4 Å². The Balaban J connectivity index is 1.72. The van der Waals surface area contributed by atoms with Crippen LogP contribution in [0.1, 0.15) is 28.7 Å². The van der Waals surface area contributed by atoms with E-state index in [2.05, 4.69) is 46.6 Å². The topological polar surface area (TPSA) is 159 Å². The largest absolute Gasteiger partial charge is 0.502 e. The van der Waals surface area contributed by atoms with Crippen LogP contribution in [0.2, 0.25) is 0 Å². The number of phenols is 1. The maximum absolute atomic E-state index is 11.8. The molecule has 0 atom stereocenters. The highest BCUT2D eigenvalue weighted by molar-refractivity contribution is 9.10. The van der Waals surface area contributed by atoms with Gasteiger partial charge in [-0.25, -0.2) is 10.4 Å². The number of aromatic amines is 1. The molecule has 0 bridgehead atoms. The number of nitrogens with one attached hydrogen (secondary N) is 2. The van der Waals surface area contributed by atoms with Crippen LogP contribution in [0.4, 0.5) is 11.4 Å². The van der Waals surface area contributed by atoms with Crippen molar-refractivity contribution < 1.29 is 14.8 Å². The summed E-state index contributed by atoms with van der Waals surface area (Å²) in [6, 6.07) is 9.63. The standard InChI is InChI=1S/C18H14BrN7O4/c1-10(23-25-18(28)17-21-9-22-24-17)11-2-4-14(5-3-11)20-8-12-6-13(19)7-15(16(12)27)26(29)30/h2-9,27H,1H3,(H,25,28)(H,21,22,24). The maximum Gasteiger partial charge on any atom is 0.312 e. The summed E-state index contributed by atoms with van der Waals surface area (Å²) in [5.74, 6) is -0.933. The van der Waals surface area contributed by atoms with E-state index in [1.165, 1.54) is 24.7 Å². The van der Waals surface area contributed by atoms with Crippen LogP contribution in [0.5, 0.6) is 5.75 Å². The van der Waals surface area contributed by atoms with Gasteiger partial charge in [0, 0.05) is 22.3 Å². The van der Waals surface area contributed by atoms with Gasteiger partial charge in [-0.2, -0.15) is 10.2 Å². The zero-order valence-electron chi connectivity index (χ0n) is 15.4.